The van der Waals surface area contributed by atoms with Crippen molar-refractivity contribution in [1.29, 1.82) is 0 Å². The molecule has 0 aliphatic carbocycles. The summed E-state index contributed by atoms with van der Waals surface area (Å²) in [4.78, 5) is 3.21. The van der Waals surface area contributed by atoms with Crippen LogP contribution in [0.4, 0.5) is 5.82 Å². The summed E-state index contributed by atoms with van der Waals surface area (Å²) in [6.45, 7) is 7.21. The summed E-state index contributed by atoms with van der Waals surface area (Å²) in [6, 6.07) is 1.70. The van der Waals surface area contributed by atoms with Crippen LogP contribution in [0.5, 0.6) is 0 Å². The quantitative estimate of drug-likeness (QED) is 0.504. The highest BCUT2D eigenvalue weighted by atomic mass is 16.5. The molecule has 4 nitrogen and oxygen atoms in total. The molecule has 1 heterocycles. The molecule has 4 heteroatoms. The van der Waals surface area contributed by atoms with Crippen molar-refractivity contribution in [1.82, 2.24) is 4.68 Å². The number of rotatable bonds is 2. The molecule has 0 aliphatic heterocycles. The van der Waals surface area contributed by atoms with Crippen LogP contribution in [0, 0.1) is 6.57 Å². The fraction of sp³-hybridized carbons (Fsp3) is 0.286. The minimum absolute atomic E-state index is 0.428. The van der Waals surface area contributed by atoms with Gasteiger partial charge in [0.25, 0.3) is 5.82 Å². The van der Waals surface area contributed by atoms with Crippen LogP contribution in [0.2, 0.25) is 0 Å². The summed E-state index contributed by atoms with van der Waals surface area (Å²) >= 11 is 0. The minimum atomic E-state index is 0.428. The molecule has 0 spiro atoms. The Hall–Kier alpha value is -1.47. The SMILES string of the molecule is [C-]#[N+]c1cc(COC)cn1N. The second-order valence-electron chi connectivity index (χ2n) is 2.16. The summed E-state index contributed by atoms with van der Waals surface area (Å²) < 4.78 is 6.16. The Bertz CT molecular complexity index is 284. The number of nitrogens with zero attached hydrogens (tertiary/aromatic N) is 2. The van der Waals surface area contributed by atoms with Crippen LogP contribution in [-0.2, 0) is 11.3 Å². The lowest BCUT2D eigenvalue weighted by atomic mass is 10.4. The molecule has 0 unspecified atom stereocenters. The van der Waals surface area contributed by atoms with Crippen LogP contribution in [0.15, 0.2) is 12.3 Å². The lowest BCUT2D eigenvalue weighted by Crippen LogP contribution is -2.04. The van der Waals surface area contributed by atoms with Crippen LogP contribution in [-0.4, -0.2) is 11.8 Å². The molecular weight excluding hydrogens is 142 g/mol. The van der Waals surface area contributed by atoms with E-state index < -0.39 is 0 Å². The van der Waals surface area contributed by atoms with Gasteiger partial charge in [-0.25, -0.2) is 4.68 Å². The maximum Gasteiger partial charge on any atom is 0.253 e. The third-order valence-electron chi connectivity index (χ3n) is 1.31. The number of ether oxygens (including phenoxy) is 1. The maximum absolute atomic E-state index is 6.71. The molecule has 0 amide bonds. The van der Waals surface area contributed by atoms with Crippen LogP contribution >= 0.6 is 0 Å². The molecule has 0 bridgehead atoms. The van der Waals surface area contributed by atoms with Gasteiger partial charge in [0.05, 0.1) is 6.61 Å². The summed E-state index contributed by atoms with van der Waals surface area (Å²) in [5.41, 5.74) is 0.918. The van der Waals surface area contributed by atoms with Gasteiger partial charge < -0.3 is 9.58 Å². The smallest absolute Gasteiger partial charge is 0.253 e. The predicted molar refractivity (Wildman–Crippen MR) is 41.6 cm³/mol. The molecule has 0 atom stereocenters. The average molecular weight is 151 g/mol. The van der Waals surface area contributed by atoms with Gasteiger partial charge in [-0.15, -0.1) is 0 Å². The molecule has 1 aromatic heterocycles. The van der Waals surface area contributed by atoms with E-state index in [2.05, 4.69) is 4.85 Å². The first-order chi connectivity index (χ1) is 5.27. The third-order valence-corrected chi connectivity index (χ3v) is 1.31. The molecule has 1 aromatic rings. The third kappa shape index (κ3) is 1.51. The number of nitrogen functional groups attached to an aromatic ring is 1. The topological polar surface area (TPSA) is 44.5 Å². The van der Waals surface area contributed by atoms with Gasteiger partial charge in [0.15, 0.2) is 0 Å². The van der Waals surface area contributed by atoms with Gasteiger partial charge in [0.1, 0.15) is 6.20 Å². The predicted octanol–water partition coefficient (Wildman–Crippen LogP) is 0.899. The molecule has 58 valence electrons. The Morgan fingerprint density at radius 2 is 2.55 bits per heavy atom. The molecular formula is C7H9N3O. The monoisotopic (exact) mass is 151 g/mol. The van der Waals surface area contributed by atoms with Crippen molar-refractivity contribution in [3.05, 3.63) is 29.2 Å². The second-order valence-corrected chi connectivity index (χ2v) is 2.16. The number of hydrogen-bond acceptors (Lipinski definition) is 2. The van der Waals surface area contributed by atoms with E-state index in [4.69, 9.17) is 17.2 Å². The number of aromatic nitrogens is 1. The van der Waals surface area contributed by atoms with E-state index in [-0.39, 0.29) is 0 Å². The Balaban J connectivity index is 2.89. The Kier molecular flexibility index (Phi) is 2.14. The van der Waals surface area contributed by atoms with Crippen molar-refractivity contribution >= 4 is 5.82 Å². The van der Waals surface area contributed by atoms with E-state index in [9.17, 15) is 0 Å². The van der Waals surface area contributed by atoms with Crippen molar-refractivity contribution in [3.63, 3.8) is 0 Å². The highest BCUT2D eigenvalue weighted by Crippen LogP contribution is 2.14. The lowest BCUT2D eigenvalue weighted by Gasteiger charge is -1.89. The van der Waals surface area contributed by atoms with Crippen molar-refractivity contribution in [2.24, 2.45) is 0 Å². The zero-order valence-corrected chi connectivity index (χ0v) is 6.24. The van der Waals surface area contributed by atoms with E-state index in [1.165, 1.54) is 4.68 Å². The maximum atomic E-state index is 6.71. The molecule has 0 saturated heterocycles. The van der Waals surface area contributed by atoms with Crippen LogP contribution in [0.1, 0.15) is 5.56 Å². The lowest BCUT2D eigenvalue weighted by molar-refractivity contribution is 0.185. The van der Waals surface area contributed by atoms with Crippen LogP contribution < -0.4 is 5.84 Å². The molecule has 0 aromatic carbocycles. The van der Waals surface area contributed by atoms with Crippen LogP contribution in [0.25, 0.3) is 4.85 Å². The van der Waals surface area contributed by atoms with Crippen molar-refractivity contribution in [2.75, 3.05) is 13.0 Å². The van der Waals surface area contributed by atoms with Crippen LogP contribution in [0.3, 0.4) is 0 Å². The summed E-state index contributed by atoms with van der Waals surface area (Å²) in [5.74, 6) is 5.86. The molecule has 0 fully saturated rings. The average Bonchev–Trinajstić information content (AvgIpc) is 2.32. The number of nitrogens with two attached hydrogens (primary N) is 1. The zero-order chi connectivity index (χ0) is 8.27. The van der Waals surface area contributed by atoms with Gasteiger partial charge in [-0.05, 0) is 6.07 Å². The highest BCUT2D eigenvalue weighted by Gasteiger charge is 2.02. The van der Waals surface area contributed by atoms with Gasteiger partial charge >= 0.3 is 0 Å². The Morgan fingerprint density at radius 3 is 3.00 bits per heavy atom. The van der Waals surface area contributed by atoms with Gasteiger partial charge in [0.2, 0.25) is 0 Å². The van der Waals surface area contributed by atoms with Crippen molar-refractivity contribution in [2.45, 2.75) is 6.61 Å². The van der Waals surface area contributed by atoms with Gasteiger partial charge in [-0.3, -0.25) is 5.84 Å². The Morgan fingerprint density at radius 1 is 1.82 bits per heavy atom. The first-order valence-corrected chi connectivity index (χ1v) is 3.10. The largest absolute Gasteiger partial charge is 0.380 e. The number of methoxy groups -OCH3 is 1. The first-order valence-electron chi connectivity index (χ1n) is 3.10. The van der Waals surface area contributed by atoms with Crippen molar-refractivity contribution in [3.8, 4) is 0 Å². The summed E-state index contributed by atoms with van der Waals surface area (Å²) in [5, 5.41) is 0. The van der Waals surface area contributed by atoms with Gasteiger partial charge in [0, 0.05) is 12.7 Å². The highest BCUT2D eigenvalue weighted by molar-refractivity contribution is 5.41. The van der Waals surface area contributed by atoms with Gasteiger partial charge in [-0.2, -0.15) is 0 Å². The van der Waals surface area contributed by atoms with E-state index in [0.717, 1.165) is 5.56 Å². The molecule has 1 rings (SSSR count). The normalized spacial score (nSPS) is 9.45. The first kappa shape index (κ1) is 7.63. The van der Waals surface area contributed by atoms with E-state index >= 15 is 0 Å². The number of hydrogen-bond donors (Lipinski definition) is 1. The zero-order valence-electron chi connectivity index (χ0n) is 6.24. The fourth-order valence-corrected chi connectivity index (χ4v) is 0.858. The second kappa shape index (κ2) is 3.08. The van der Waals surface area contributed by atoms with Gasteiger partial charge in [-0.1, -0.05) is 6.57 Å². The Labute approximate surface area is 65.0 Å². The standard InChI is InChI=1S/C7H9N3O/c1-9-7-3-6(5-11-2)4-10(7)8/h3-4H,5,8H2,2H3. The van der Waals surface area contributed by atoms with Crippen molar-refractivity contribution < 1.29 is 4.74 Å². The summed E-state index contributed by atoms with van der Waals surface area (Å²) in [6.07, 6.45) is 1.68. The molecule has 0 aliphatic rings. The molecule has 0 saturated carbocycles. The molecule has 11 heavy (non-hydrogen) atoms. The van der Waals surface area contributed by atoms with E-state index in [1.54, 1.807) is 19.4 Å². The minimum Gasteiger partial charge on any atom is -0.380 e. The summed E-state index contributed by atoms with van der Waals surface area (Å²) in [7, 11) is 1.60. The molecule has 0 radical (unpaired) electrons. The molecule has 2 N–H and O–H groups in total. The van der Waals surface area contributed by atoms with E-state index in [1.807, 2.05) is 0 Å². The fourth-order valence-electron chi connectivity index (χ4n) is 0.858. The van der Waals surface area contributed by atoms with E-state index in [0.29, 0.717) is 12.4 Å².